The van der Waals surface area contributed by atoms with E-state index in [9.17, 15) is 14.6 Å². The zero-order valence-electron chi connectivity index (χ0n) is 15.7. The fourth-order valence-corrected chi connectivity index (χ4v) is 2.87. The highest BCUT2D eigenvalue weighted by Gasteiger charge is 2.07. The summed E-state index contributed by atoms with van der Waals surface area (Å²) in [5.74, 6) is 0.0939. The molecule has 1 unspecified atom stereocenters. The zero-order valence-corrected chi connectivity index (χ0v) is 15.7. The molecule has 144 valence electrons. The van der Waals surface area contributed by atoms with Crippen LogP contribution in [0.4, 0.5) is 4.39 Å². The second kappa shape index (κ2) is 9.24. The van der Waals surface area contributed by atoms with Crippen molar-refractivity contribution in [3.05, 3.63) is 72.6 Å². The van der Waals surface area contributed by atoms with Crippen molar-refractivity contribution in [1.82, 2.24) is 9.97 Å². The Labute approximate surface area is 164 Å². The number of aromatic hydroxyl groups is 1. The number of benzene rings is 2. The second-order valence-electron chi connectivity index (χ2n) is 6.75. The first-order valence-electron chi connectivity index (χ1n) is 9.29. The first-order chi connectivity index (χ1) is 13.5. The van der Waals surface area contributed by atoms with Gasteiger partial charge in [0.15, 0.2) is 5.82 Å². The summed E-state index contributed by atoms with van der Waals surface area (Å²) < 4.78 is 14.0. The van der Waals surface area contributed by atoms with Crippen LogP contribution in [0.3, 0.4) is 0 Å². The van der Waals surface area contributed by atoms with Crippen LogP contribution in [-0.2, 0) is 0 Å². The van der Waals surface area contributed by atoms with E-state index in [2.05, 4.69) is 9.97 Å². The van der Waals surface area contributed by atoms with E-state index in [-0.39, 0.29) is 11.9 Å². The average molecular weight is 378 g/mol. The molecule has 1 heterocycles. The molecule has 1 aromatic heterocycles. The van der Waals surface area contributed by atoms with Crippen LogP contribution in [0.15, 0.2) is 60.9 Å². The summed E-state index contributed by atoms with van der Waals surface area (Å²) in [6, 6.07) is 11.6. The van der Waals surface area contributed by atoms with Crippen LogP contribution in [0.2, 0.25) is 0 Å². The van der Waals surface area contributed by atoms with Gasteiger partial charge in [0.05, 0.1) is 6.10 Å². The van der Waals surface area contributed by atoms with Gasteiger partial charge in [-0.15, -0.1) is 0 Å². The minimum Gasteiger partial charge on any atom is -0.508 e. The zero-order chi connectivity index (χ0) is 19.9. The van der Waals surface area contributed by atoms with Crippen LogP contribution in [-0.4, -0.2) is 26.3 Å². The average Bonchev–Trinajstić information content (AvgIpc) is 2.68. The van der Waals surface area contributed by atoms with Crippen molar-refractivity contribution in [2.24, 2.45) is 0 Å². The first kappa shape index (κ1) is 19.7. The molecule has 0 bridgehead atoms. The van der Waals surface area contributed by atoms with Gasteiger partial charge in [-0.2, -0.15) is 0 Å². The highest BCUT2D eigenvalue weighted by Crippen LogP contribution is 2.28. The number of aliphatic hydroxyl groups excluding tert-OH is 1. The van der Waals surface area contributed by atoms with E-state index in [0.717, 1.165) is 42.0 Å². The van der Waals surface area contributed by atoms with Gasteiger partial charge in [0.2, 0.25) is 0 Å². The Balaban J connectivity index is 1.66. The molecule has 4 nitrogen and oxygen atoms in total. The number of halogens is 1. The van der Waals surface area contributed by atoms with E-state index in [1.807, 2.05) is 36.4 Å². The lowest BCUT2D eigenvalue weighted by atomic mass is 10.0. The fourth-order valence-electron chi connectivity index (χ4n) is 2.87. The first-order valence-corrected chi connectivity index (χ1v) is 9.29. The molecule has 0 spiro atoms. The Kier molecular flexibility index (Phi) is 6.50. The van der Waals surface area contributed by atoms with Gasteiger partial charge in [-0.3, -0.25) is 0 Å². The van der Waals surface area contributed by atoms with E-state index >= 15 is 0 Å². The molecule has 2 N–H and O–H groups in total. The number of phenols is 1. The fraction of sp³-hybridized carbons (Fsp3) is 0.217. The maximum Gasteiger partial charge on any atom is 0.151 e. The molecule has 0 saturated heterocycles. The molecule has 0 aliphatic carbocycles. The van der Waals surface area contributed by atoms with Crippen molar-refractivity contribution < 1.29 is 14.6 Å². The number of hydrogen-bond acceptors (Lipinski definition) is 4. The van der Waals surface area contributed by atoms with Gasteiger partial charge >= 0.3 is 0 Å². The highest BCUT2D eigenvalue weighted by atomic mass is 19.1. The third-order valence-corrected chi connectivity index (χ3v) is 4.41. The van der Waals surface area contributed by atoms with E-state index in [1.165, 1.54) is 6.07 Å². The monoisotopic (exact) mass is 378 g/mol. The predicted molar refractivity (Wildman–Crippen MR) is 109 cm³/mol. The van der Waals surface area contributed by atoms with Gasteiger partial charge in [-0.25, -0.2) is 14.4 Å². The predicted octanol–water partition coefficient (Wildman–Crippen LogP) is 5.22. The summed E-state index contributed by atoms with van der Waals surface area (Å²) in [6.45, 7) is 1.79. The molecule has 3 rings (SSSR count). The third-order valence-electron chi connectivity index (χ3n) is 4.41. The molecular formula is C23H23FN2O2. The largest absolute Gasteiger partial charge is 0.508 e. The van der Waals surface area contributed by atoms with Gasteiger partial charge in [-0.05, 0) is 55.5 Å². The maximum absolute atomic E-state index is 14.0. The van der Waals surface area contributed by atoms with E-state index in [4.69, 9.17) is 0 Å². The molecule has 0 fully saturated rings. The van der Waals surface area contributed by atoms with Crippen LogP contribution < -0.4 is 0 Å². The quantitative estimate of drug-likeness (QED) is 0.553. The topological polar surface area (TPSA) is 66.2 Å². The number of aliphatic hydroxyl groups is 1. The Hall–Kier alpha value is -3.05. The standard InChI is InChI=1S/C23H23FN2O2/c1-16(27)5-3-2-4-6-23-25-14-19(15-26-23)17-7-9-18(10-8-17)21-12-11-20(28)13-22(21)24/h4,6-16,27-28H,2-3,5H2,1H3/b6-4+. The van der Waals surface area contributed by atoms with E-state index < -0.39 is 5.82 Å². The number of rotatable bonds is 7. The van der Waals surface area contributed by atoms with Crippen LogP contribution in [0.1, 0.15) is 32.0 Å². The maximum atomic E-state index is 14.0. The Morgan fingerprint density at radius 2 is 1.68 bits per heavy atom. The molecule has 1 atom stereocenters. The number of nitrogens with zero attached hydrogens (tertiary/aromatic N) is 2. The normalized spacial score (nSPS) is 12.4. The van der Waals surface area contributed by atoms with Crippen LogP contribution >= 0.6 is 0 Å². The summed E-state index contributed by atoms with van der Waals surface area (Å²) in [6.07, 6.45) is 9.75. The molecule has 0 saturated carbocycles. The summed E-state index contributed by atoms with van der Waals surface area (Å²) >= 11 is 0. The number of allylic oxidation sites excluding steroid dienone is 1. The molecule has 0 aliphatic rings. The molecular weight excluding hydrogens is 355 g/mol. The summed E-state index contributed by atoms with van der Waals surface area (Å²) in [4.78, 5) is 8.71. The molecule has 3 aromatic rings. The lowest BCUT2D eigenvalue weighted by Gasteiger charge is -2.06. The van der Waals surface area contributed by atoms with Crippen molar-refractivity contribution in [3.63, 3.8) is 0 Å². The summed E-state index contributed by atoms with van der Waals surface area (Å²) in [7, 11) is 0. The molecule has 0 amide bonds. The number of phenolic OH excluding ortho intramolecular Hbond substituents is 1. The van der Waals surface area contributed by atoms with Gasteiger partial charge in [0.25, 0.3) is 0 Å². The second-order valence-corrected chi connectivity index (χ2v) is 6.75. The third kappa shape index (κ3) is 5.24. The number of aromatic nitrogens is 2. The Morgan fingerprint density at radius 3 is 2.32 bits per heavy atom. The van der Waals surface area contributed by atoms with Crippen LogP contribution in [0.5, 0.6) is 5.75 Å². The van der Waals surface area contributed by atoms with Crippen molar-refractivity contribution in [3.8, 4) is 28.0 Å². The number of unbranched alkanes of at least 4 members (excludes halogenated alkanes) is 1. The van der Waals surface area contributed by atoms with Crippen LogP contribution in [0, 0.1) is 5.82 Å². The molecule has 0 aliphatic heterocycles. The van der Waals surface area contributed by atoms with Crippen molar-refractivity contribution in [1.29, 1.82) is 0 Å². The molecule has 28 heavy (non-hydrogen) atoms. The summed E-state index contributed by atoms with van der Waals surface area (Å²) in [5.41, 5.74) is 3.00. The van der Waals surface area contributed by atoms with E-state index in [1.54, 1.807) is 25.4 Å². The highest BCUT2D eigenvalue weighted by molar-refractivity contribution is 5.70. The molecule has 2 aromatic carbocycles. The van der Waals surface area contributed by atoms with Gasteiger partial charge in [0, 0.05) is 29.6 Å². The van der Waals surface area contributed by atoms with Crippen molar-refractivity contribution >= 4 is 6.08 Å². The van der Waals surface area contributed by atoms with Gasteiger partial charge in [0.1, 0.15) is 11.6 Å². The van der Waals surface area contributed by atoms with Gasteiger partial charge < -0.3 is 10.2 Å². The minimum absolute atomic E-state index is 0.0906. The molecule has 0 radical (unpaired) electrons. The van der Waals surface area contributed by atoms with Crippen molar-refractivity contribution in [2.45, 2.75) is 32.3 Å². The van der Waals surface area contributed by atoms with E-state index in [0.29, 0.717) is 11.4 Å². The van der Waals surface area contributed by atoms with Crippen LogP contribution in [0.25, 0.3) is 28.3 Å². The number of hydrogen-bond donors (Lipinski definition) is 2. The minimum atomic E-state index is -0.458. The Bertz CT molecular complexity index is 936. The lowest BCUT2D eigenvalue weighted by Crippen LogP contribution is -1.97. The smallest absolute Gasteiger partial charge is 0.151 e. The SMILES string of the molecule is CC(O)CCC/C=C/c1ncc(-c2ccc(-c3ccc(O)cc3F)cc2)cn1. The summed E-state index contributed by atoms with van der Waals surface area (Å²) in [5, 5.41) is 18.6. The molecule has 5 heteroatoms. The van der Waals surface area contributed by atoms with Gasteiger partial charge in [-0.1, -0.05) is 30.3 Å². The Morgan fingerprint density at radius 1 is 1.00 bits per heavy atom. The van der Waals surface area contributed by atoms with Crippen molar-refractivity contribution in [2.75, 3.05) is 0 Å². The lowest BCUT2D eigenvalue weighted by molar-refractivity contribution is 0.182.